The highest BCUT2D eigenvalue weighted by atomic mass is 16.5. The molecule has 0 aromatic heterocycles. The third kappa shape index (κ3) is 3.09. The summed E-state index contributed by atoms with van der Waals surface area (Å²) >= 11 is 0. The van der Waals surface area contributed by atoms with Crippen molar-refractivity contribution in [2.75, 3.05) is 12.4 Å². The summed E-state index contributed by atoms with van der Waals surface area (Å²) in [6.45, 7) is 1.94. The first kappa shape index (κ1) is 13.1. The van der Waals surface area contributed by atoms with Gasteiger partial charge in [-0.2, -0.15) is 5.10 Å². The van der Waals surface area contributed by atoms with Crippen molar-refractivity contribution in [1.82, 2.24) is 5.43 Å². The Labute approximate surface area is 110 Å². The number of nitrogens with zero attached hydrogens (tertiary/aromatic N) is 1. The summed E-state index contributed by atoms with van der Waals surface area (Å²) in [7, 11) is 1.54. The molecule has 19 heavy (non-hydrogen) atoms. The molecule has 2 N–H and O–H groups in total. The van der Waals surface area contributed by atoms with Crippen molar-refractivity contribution in [2.45, 2.75) is 19.8 Å². The molecule has 0 aliphatic carbocycles. The van der Waals surface area contributed by atoms with Crippen LogP contribution in [0, 0.1) is 6.92 Å². The van der Waals surface area contributed by atoms with Gasteiger partial charge in [-0.1, -0.05) is 6.07 Å². The second-order valence-electron chi connectivity index (χ2n) is 4.25. The number of carbonyl (C=O) groups is 2. The van der Waals surface area contributed by atoms with Gasteiger partial charge in [0.2, 0.25) is 5.91 Å². The summed E-state index contributed by atoms with van der Waals surface area (Å²) in [6, 6.07) is 5.48. The lowest BCUT2D eigenvalue weighted by molar-refractivity contribution is -0.121. The van der Waals surface area contributed by atoms with Crippen molar-refractivity contribution in [3.8, 4) is 5.75 Å². The quantitative estimate of drug-likeness (QED) is 0.858. The number of amides is 2. The van der Waals surface area contributed by atoms with E-state index in [0.717, 1.165) is 5.56 Å². The Morgan fingerprint density at radius 1 is 1.42 bits per heavy atom. The summed E-state index contributed by atoms with van der Waals surface area (Å²) < 4.78 is 5.21. The minimum absolute atomic E-state index is 0.176. The molecule has 1 aromatic carbocycles. The largest absolute Gasteiger partial charge is 0.495 e. The molecule has 1 aromatic rings. The van der Waals surface area contributed by atoms with Crippen LogP contribution in [-0.2, 0) is 9.59 Å². The van der Waals surface area contributed by atoms with Gasteiger partial charge in [0.25, 0.3) is 5.91 Å². The molecule has 2 rings (SSSR count). The molecule has 100 valence electrons. The molecule has 0 radical (unpaired) electrons. The van der Waals surface area contributed by atoms with E-state index in [4.69, 9.17) is 4.74 Å². The third-order valence-electron chi connectivity index (χ3n) is 2.77. The summed E-state index contributed by atoms with van der Waals surface area (Å²) in [6.07, 6.45) is 0.614. The zero-order valence-corrected chi connectivity index (χ0v) is 10.8. The molecule has 0 spiro atoms. The van der Waals surface area contributed by atoms with Crippen LogP contribution in [0.3, 0.4) is 0 Å². The van der Waals surface area contributed by atoms with Gasteiger partial charge in [0, 0.05) is 12.8 Å². The van der Waals surface area contributed by atoms with E-state index in [1.165, 1.54) is 0 Å². The fourth-order valence-corrected chi connectivity index (χ4v) is 1.73. The van der Waals surface area contributed by atoms with Gasteiger partial charge < -0.3 is 10.1 Å². The average molecular weight is 261 g/mol. The van der Waals surface area contributed by atoms with Crippen molar-refractivity contribution < 1.29 is 14.3 Å². The van der Waals surface area contributed by atoms with Crippen LogP contribution < -0.4 is 15.5 Å². The zero-order valence-electron chi connectivity index (χ0n) is 10.8. The average Bonchev–Trinajstić information content (AvgIpc) is 2.41. The summed E-state index contributed by atoms with van der Waals surface area (Å²) in [5, 5.41) is 6.47. The molecule has 2 amide bonds. The Bertz CT molecular complexity index is 552. The monoisotopic (exact) mass is 261 g/mol. The molecule has 1 aliphatic heterocycles. The van der Waals surface area contributed by atoms with Crippen molar-refractivity contribution in [1.29, 1.82) is 0 Å². The minimum Gasteiger partial charge on any atom is -0.495 e. The standard InChI is InChI=1S/C13H15N3O3/c1-8-3-4-9(11(7-8)19-2)14-13(18)10-5-6-12(17)16-15-10/h3-4,7H,5-6H2,1-2H3,(H,14,18)(H,16,17). The van der Waals surface area contributed by atoms with Gasteiger partial charge in [0.15, 0.2) is 0 Å². The minimum atomic E-state index is -0.331. The van der Waals surface area contributed by atoms with Crippen molar-refractivity contribution >= 4 is 23.2 Å². The van der Waals surface area contributed by atoms with Gasteiger partial charge in [-0.3, -0.25) is 9.59 Å². The lowest BCUT2D eigenvalue weighted by Gasteiger charge is -2.14. The number of rotatable bonds is 3. The second-order valence-corrected chi connectivity index (χ2v) is 4.25. The predicted molar refractivity (Wildman–Crippen MR) is 71.2 cm³/mol. The number of methoxy groups -OCH3 is 1. The number of ether oxygens (including phenoxy) is 1. The Hall–Kier alpha value is -2.37. The predicted octanol–water partition coefficient (Wildman–Crippen LogP) is 1.21. The number of hydrogen-bond donors (Lipinski definition) is 2. The molecule has 0 fully saturated rings. The Morgan fingerprint density at radius 2 is 2.21 bits per heavy atom. The number of carbonyl (C=O) groups excluding carboxylic acids is 2. The first-order chi connectivity index (χ1) is 9.10. The first-order valence-electron chi connectivity index (χ1n) is 5.91. The van der Waals surface area contributed by atoms with Gasteiger partial charge in [-0.25, -0.2) is 5.43 Å². The van der Waals surface area contributed by atoms with Gasteiger partial charge in [-0.15, -0.1) is 0 Å². The summed E-state index contributed by atoms with van der Waals surface area (Å²) in [5.41, 5.74) is 4.22. The SMILES string of the molecule is COc1cc(C)ccc1NC(=O)C1=NNC(=O)CC1. The van der Waals surface area contributed by atoms with Crippen LogP contribution in [0.5, 0.6) is 5.75 Å². The van der Waals surface area contributed by atoms with E-state index >= 15 is 0 Å². The van der Waals surface area contributed by atoms with Gasteiger partial charge in [0.1, 0.15) is 11.5 Å². The van der Waals surface area contributed by atoms with Gasteiger partial charge >= 0.3 is 0 Å². The third-order valence-corrected chi connectivity index (χ3v) is 2.77. The van der Waals surface area contributed by atoms with Crippen molar-refractivity contribution in [2.24, 2.45) is 5.10 Å². The highest BCUT2D eigenvalue weighted by molar-refractivity contribution is 6.43. The van der Waals surface area contributed by atoms with E-state index in [2.05, 4.69) is 15.8 Å². The summed E-state index contributed by atoms with van der Waals surface area (Å²) in [4.78, 5) is 22.9. The van der Waals surface area contributed by atoms with E-state index in [9.17, 15) is 9.59 Å². The molecular weight excluding hydrogens is 246 g/mol. The molecule has 0 saturated heterocycles. The van der Waals surface area contributed by atoms with Crippen LogP contribution in [0.25, 0.3) is 0 Å². The maximum atomic E-state index is 12.0. The van der Waals surface area contributed by atoms with Crippen LogP contribution >= 0.6 is 0 Å². The molecule has 6 heteroatoms. The molecule has 1 heterocycles. The van der Waals surface area contributed by atoms with Gasteiger partial charge in [-0.05, 0) is 24.6 Å². The fraction of sp³-hybridized carbons (Fsp3) is 0.308. The maximum absolute atomic E-state index is 12.0. The van der Waals surface area contributed by atoms with Crippen LogP contribution in [-0.4, -0.2) is 24.6 Å². The molecule has 6 nitrogen and oxygen atoms in total. The van der Waals surface area contributed by atoms with Crippen LogP contribution in [0.15, 0.2) is 23.3 Å². The van der Waals surface area contributed by atoms with Crippen molar-refractivity contribution in [3.05, 3.63) is 23.8 Å². The molecule has 1 aliphatic rings. The lowest BCUT2D eigenvalue weighted by atomic mass is 10.1. The lowest BCUT2D eigenvalue weighted by Crippen LogP contribution is -2.32. The van der Waals surface area contributed by atoms with Crippen LogP contribution in [0.1, 0.15) is 18.4 Å². The highest BCUT2D eigenvalue weighted by Crippen LogP contribution is 2.25. The number of anilines is 1. The molecule has 0 unspecified atom stereocenters. The normalized spacial score (nSPS) is 14.4. The summed E-state index contributed by atoms with van der Waals surface area (Å²) in [5.74, 6) is 0.0837. The second kappa shape index (κ2) is 5.51. The highest BCUT2D eigenvalue weighted by Gasteiger charge is 2.19. The molecular formula is C13H15N3O3. The smallest absolute Gasteiger partial charge is 0.271 e. The number of hydrazone groups is 1. The van der Waals surface area contributed by atoms with E-state index in [1.54, 1.807) is 13.2 Å². The maximum Gasteiger partial charge on any atom is 0.271 e. The topological polar surface area (TPSA) is 79.8 Å². The Balaban J connectivity index is 2.13. The number of aryl methyl sites for hydroxylation is 1. The van der Waals surface area contributed by atoms with E-state index < -0.39 is 0 Å². The zero-order chi connectivity index (χ0) is 13.8. The van der Waals surface area contributed by atoms with E-state index in [1.807, 2.05) is 19.1 Å². The Morgan fingerprint density at radius 3 is 2.84 bits per heavy atom. The van der Waals surface area contributed by atoms with Crippen LogP contribution in [0.2, 0.25) is 0 Å². The van der Waals surface area contributed by atoms with E-state index in [0.29, 0.717) is 23.6 Å². The molecule has 0 saturated carbocycles. The number of nitrogens with one attached hydrogen (secondary N) is 2. The van der Waals surface area contributed by atoms with Crippen LogP contribution in [0.4, 0.5) is 5.69 Å². The fourth-order valence-electron chi connectivity index (χ4n) is 1.73. The number of hydrogen-bond acceptors (Lipinski definition) is 4. The van der Waals surface area contributed by atoms with Gasteiger partial charge in [0.05, 0.1) is 12.8 Å². The Kier molecular flexibility index (Phi) is 3.79. The first-order valence-corrected chi connectivity index (χ1v) is 5.91. The van der Waals surface area contributed by atoms with E-state index in [-0.39, 0.29) is 18.2 Å². The van der Waals surface area contributed by atoms with Crippen molar-refractivity contribution in [3.63, 3.8) is 0 Å². The molecule has 0 atom stereocenters. The number of benzene rings is 1. The molecule has 0 bridgehead atoms.